The zero-order valence-corrected chi connectivity index (χ0v) is 15.3. The Morgan fingerprint density at radius 3 is 3.00 bits per heavy atom. The Morgan fingerprint density at radius 2 is 2.23 bits per heavy atom. The summed E-state index contributed by atoms with van der Waals surface area (Å²) in [5, 5.41) is 11.9. The van der Waals surface area contributed by atoms with Crippen LogP contribution in [0.2, 0.25) is 5.02 Å². The van der Waals surface area contributed by atoms with Gasteiger partial charge in [0.25, 0.3) is 5.91 Å². The first kappa shape index (κ1) is 17.1. The zero-order valence-electron chi connectivity index (χ0n) is 13.8. The summed E-state index contributed by atoms with van der Waals surface area (Å²) in [7, 11) is 0. The van der Waals surface area contributed by atoms with Gasteiger partial charge in [0.2, 0.25) is 0 Å². The summed E-state index contributed by atoms with van der Waals surface area (Å²) in [4.78, 5) is 17.6. The van der Waals surface area contributed by atoms with Gasteiger partial charge in [0.15, 0.2) is 10.8 Å². The first-order chi connectivity index (χ1) is 12.7. The van der Waals surface area contributed by atoms with Gasteiger partial charge >= 0.3 is 0 Å². The van der Waals surface area contributed by atoms with E-state index in [-0.39, 0.29) is 11.6 Å². The van der Waals surface area contributed by atoms with E-state index < -0.39 is 0 Å². The maximum atomic E-state index is 12.4. The summed E-state index contributed by atoms with van der Waals surface area (Å²) in [6.07, 6.45) is 4.38. The lowest BCUT2D eigenvalue weighted by molar-refractivity contribution is 0.102. The first-order valence-corrected chi connectivity index (χ1v) is 9.38. The van der Waals surface area contributed by atoms with Gasteiger partial charge in [-0.3, -0.25) is 14.8 Å². The van der Waals surface area contributed by atoms with Crippen LogP contribution in [-0.4, -0.2) is 39.1 Å². The lowest BCUT2D eigenvalue weighted by Gasteiger charge is -2.05. The second-order valence-corrected chi connectivity index (χ2v) is 7.51. The Kier molecular flexibility index (Phi) is 4.96. The van der Waals surface area contributed by atoms with Gasteiger partial charge in [-0.15, -0.1) is 5.10 Å². The molecule has 1 aliphatic rings. The van der Waals surface area contributed by atoms with E-state index in [1.807, 2.05) is 24.3 Å². The minimum atomic E-state index is -0.323. The van der Waals surface area contributed by atoms with Crippen molar-refractivity contribution in [3.05, 3.63) is 47.4 Å². The Labute approximate surface area is 159 Å². The second kappa shape index (κ2) is 7.53. The standard InChI is InChI=1S/C17H16ClN5O2S/c18-13-3-1-12(2-4-13)15-7-19-17(26-15)20-16(24)14-9-23(22-21-14)8-11-5-6-25-10-11/h1-4,7,9,11H,5-6,8,10H2,(H,19,20,24). The van der Waals surface area contributed by atoms with Crippen LogP contribution in [0.25, 0.3) is 10.4 Å². The Balaban J connectivity index is 1.40. The number of hydrogen-bond donors (Lipinski definition) is 1. The van der Waals surface area contributed by atoms with Crippen molar-refractivity contribution in [3.63, 3.8) is 0 Å². The molecule has 134 valence electrons. The average Bonchev–Trinajstić information content (AvgIpc) is 3.38. The molecule has 1 unspecified atom stereocenters. The minimum Gasteiger partial charge on any atom is -0.381 e. The highest BCUT2D eigenvalue weighted by molar-refractivity contribution is 7.19. The molecule has 0 spiro atoms. The van der Waals surface area contributed by atoms with E-state index in [4.69, 9.17) is 16.3 Å². The Bertz CT molecular complexity index is 902. The molecular formula is C17H16ClN5O2S. The highest BCUT2D eigenvalue weighted by Gasteiger charge is 2.18. The van der Waals surface area contributed by atoms with Crippen LogP contribution in [0, 0.1) is 5.92 Å². The topological polar surface area (TPSA) is 81.9 Å². The third-order valence-electron chi connectivity index (χ3n) is 4.10. The molecule has 4 rings (SSSR count). The van der Waals surface area contributed by atoms with Gasteiger partial charge in [-0.25, -0.2) is 4.98 Å². The van der Waals surface area contributed by atoms with E-state index in [2.05, 4.69) is 20.6 Å². The maximum absolute atomic E-state index is 12.4. The molecule has 3 heterocycles. The lowest BCUT2D eigenvalue weighted by atomic mass is 10.1. The monoisotopic (exact) mass is 389 g/mol. The number of anilines is 1. The number of rotatable bonds is 5. The van der Waals surface area contributed by atoms with Crippen molar-refractivity contribution in [1.82, 2.24) is 20.0 Å². The number of nitrogens with zero attached hydrogens (tertiary/aromatic N) is 4. The van der Waals surface area contributed by atoms with E-state index in [1.54, 1.807) is 17.1 Å². The van der Waals surface area contributed by atoms with Gasteiger partial charge in [-0.05, 0) is 24.1 Å². The fourth-order valence-electron chi connectivity index (χ4n) is 2.72. The quantitative estimate of drug-likeness (QED) is 0.723. The maximum Gasteiger partial charge on any atom is 0.279 e. The third-order valence-corrected chi connectivity index (χ3v) is 5.31. The lowest BCUT2D eigenvalue weighted by Crippen LogP contribution is -2.12. The van der Waals surface area contributed by atoms with E-state index >= 15 is 0 Å². The van der Waals surface area contributed by atoms with Crippen LogP contribution < -0.4 is 5.32 Å². The number of amides is 1. The van der Waals surface area contributed by atoms with Gasteiger partial charge in [0.05, 0.1) is 17.7 Å². The Hall–Kier alpha value is -2.29. The molecule has 1 saturated heterocycles. The second-order valence-electron chi connectivity index (χ2n) is 6.05. The van der Waals surface area contributed by atoms with Crippen molar-refractivity contribution in [3.8, 4) is 10.4 Å². The number of hydrogen-bond acceptors (Lipinski definition) is 6. The average molecular weight is 390 g/mol. The van der Waals surface area contributed by atoms with Gasteiger partial charge in [-0.1, -0.05) is 40.3 Å². The van der Waals surface area contributed by atoms with Crippen LogP contribution in [0.4, 0.5) is 5.13 Å². The number of nitrogens with one attached hydrogen (secondary N) is 1. The van der Waals surface area contributed by atoms with Crippen LogP contribution in [0.1, 0.15) is 16.9 Å². The predicted octanol–water partition coefficient (Wildman–Crippen LogP) is 3.34. The van der Waals surface area contributed by atoms with Crippen LogP contribution in [0.15, 0.2) is 36.7 Å². The molecule has 0 bridgehead atoms. The molecular weight excluding hydrogens is 374 g/mol. The van der Waals surface area contributed by atoms with E-state index in [0.717, 1.165) is 30.1 Å². The molecule has 1 aliphatic heterocycles. The van der Waals surface area contributed by atoms with E-state index in [0.29, 0.717) is 22.6 Å². The van der Waals surface area contributed by atoms with Crippen LogP contribution in [0.5, 0.6) is 0 Å². The number of thiazole rings is 1. The van der Waals surface area contributed by atoms with Crippen LogP contribution >= 0.6 is 22.9 Å². The highest BCUT2D eigenvalue weighted by atomic mass is 35.5. The summed E-state index contributed by atoms with van der Waals surface area (Å²) in [5.41, 5.74) is 1.27. The van der Waals surface area contributed by atoms with Gasteiger partial charge in [-0.2, -0.15) is 0 Å². The van der Waals surface area contributed by atoms with Crippen LogP contribution in [-0.2, 0) is 11.3 Å². The van der Waals surface area contributed by atoms with Crippen molar-refractivity contribution in [1.29, 1.82) is 0 Å². The van der Waals surface area contributed by atoms with Gasteiger partial charge in [0.1, 0.15) is 0 Å². The summed E-state index contributed by atoms with van der Waals surface area (Å²) >= 11 is 7.30. The molecule has 2 aromatic heterocycles. The number of carbonyl (C=O) groups is 1. The molecule has 1 N–H and O–H groups in total. The smallest absolute Gasteiger partial charge is 0.279 e. The molecule has 26 heavy (non-hydrogen) atoms. The predicted molar refractivity (Wildman–Crippen MR) is 99.5 cm³/mol. The number of benzene rings is 1. The summed E-state index contributed by atoms with van der Waals surface area (Å²) < 4.78 is 7.04. The van der Waals surface area contributed by atoms with Crippen molar-refractivity contribution in [2.75, 3.05) is 18.5 Å². The zero-order chi connectivity index (χ0) is 17.9. The van der Waals surface area contributed by atoms with E-state index in [1.165, 1.54) is 11.3 Å². The molecule has 1 fully saturated rings. The highest BCUT2D eigenvalue weighted by Crippen LogP contribution is 2.29. The molecule has 7 nitrogen and oxygen atoms in total. The summed E-state index contributed by atoms with van der Waals surface area (Å²) in [6.45, 7) is 2.22. The summed E-state index contributed by atoms with van der Waals surface area (Å²) in [6, 6.07) is 7.48. The fourth-order valence-corrected chi connectivity index (χ4v) is 3.67. The van der Waals surface area contributed by atoms with E-state index in [9.17, 15) is 4.79 Å². The van der Waals surface area contributed by atoms with Crippen molar-refractivity contribution >= 4 is 34.0 Å². The molecule has 1 amide bonds. The fraction of sp³-hybridized carbons (Fsp3) is 0.294. The normalized spacial score (nSPS) is 16.7. The largest absolute Gasteiger partial charge is 0.381 e. The third kappa shape index (κ3) is 3.92. The molecule has 0 radical (unpaired) electrons. The number of aromatic nitrogens is 4. The van der Waals surface area contributed by atoms with Crippen molar-refractivity contribution < 1.29 is 9.53 Å². The summed E-state index contributed by atoms with van der Waals surface area (Å²) in [5.74, 6) is 0.101. The molecule has 0 aliphatic carbocycles. The first-order valence-electron chi connectivity index (χ1n) is 8.18. The molecule has 9 heteroatoms. The van der Waals surface area contributed by atoms with Crippen molar-refractivity contribution in [2.24, 2.45) is 5.92 Å². The SMILES string of the molecule is O=C(Nc1ncc(-c2ccc(Cl)cc2)s1)c1cn(CC2CCOC2)nn1. The molecule has 1 aromatic carbocycles. The molecule has 3 aromatic rings. The van der Waals surface area contributed by atoms with Gasteiger partial charge in [0, 0.05) is 30.3 Å². The molecule has 0 saturated carbocycles. The van der Waals surface area contributed by atoms with Crippen molar-refractivity contribution in [2.45, 2.75) is 13.0 Å². The molecule has 1 atom stereocenters. The minimum absolute atomic E-state index is 0.271. The van der Waals surface area contributed by atoms with Gasteiger partial charge < -0.3 is 4.74 Å². The Morgan fingerprint density at radius 1 is 1.38 bits per heavy atom. The van der Waals surface area contributed by atoms with Crippen LogP contribution in [0.3, 0.4) is 0 Å². The number of halogens is 1. The number of carbonyl (C=O) groups excluding carboxylic acids is 1. The number of ether oxygens (including phenoxy) is 1.